The Morgan fingerprint density at radius 3 is 2.21 bits per heavy atom. The molecule has 0 unspecified atom stereocenters. The zero-order valence-corrected chi connectivity index (χ0v) is 26.2. The lowest BCUT2D eigenvalue weighted by atomic mass is 10.1. The molecule has 3 aromatic carbocycles. The molecule has 0 saturated carbocycles. The monoisotopic (exact) mass is 615 g/mol. The number of rotatable bonds is 14. The molecule has 0 bridgehead atoms. The molecule has 0 saturated heterocycles. The highest BCUT2D eigenvalue weighted by atomic mass is 32.2. The number of carbonyl (C=O) groups excluding carboxylic acids is 2. The van der Waals surface area contributed by atoms with Gasteiger partial charge in [0.1, 0.15) is 24.2 Å². The lowest BCUT2D eigenvalue weighted by molar-refractivity contribution is -0.139. The summed E-state index contributed by atoms with van der Waals surface area (Å²) in [7, 11) is -4.25. The molecule has 3 aromatic rings. The second kappa shape index (κ2) is 15.1. The summed E-state index contributed by atoms with van der Waals surface area (Å²) in [5.41, 5.74) is 0.783. The van der Waals surface area contributed by atoms with E-state index in [4.69, 9.17) is 4.74 Å². The maximum absolute atomic E-state index is 14.1. The highest BCUT2D eigenvalue weighted by Crippen LogP contribution is 2.33. The van der Waals surface area contributed by atoms with E-state index < -0.39 is 34.3 Å². The number of amides is 2. The summed E-state index contributed by atoms with van der Waals surface area (Å²) in [4.78, 5) is 29.3. The van der Waals surface area contributed by atoms with E-state index >= 15 is 0 Å². The van der Waals surface area contributed by atoms with Crippen molar-refractivity contribution < 1.29 is 27.1 Å². The summed E-state index contributed by atoms with van der Waals surface area (Å²) in [5.74, 6) is -0.935. The first-order valence-corrected chi connectivity index (χ1v) is 16.3. The average molecular weight is 616 g/mol. The summed E-state index contributed by atoms with van der Waals surface area (Å²) >= 11 is 1.48. The maximum Gasteiger partial charge on any atom is 0.264 e. The van der Waals surface area contributed by atoms with E-state index in [1.54, 1.807) is 50.2 Å². The van der Waals surface area contributed by atoms with Crippen molar-refractivity contribution in [3.8, 4) is 5.75 Å². The normalized spacial score (nSPS) is 12.1. The molecule has 0 heterocycles. The third kappa shape index (κ3) is 8.48. The number of sulfonamides is 1. The van der Waals surface area contributed by atoms with Gasteiger partial charge in [0.2, 0.25) is 11.8 Å². The van der Waals surface area contributed by atoms with Crippen LogP contribution in [0, 0.1) is 11.7 Å². The quantitative estimate of drug-likeness (QED) is 0.246. The maximum atomic E-state index is 14.1. The van der Waals surface area contributed by atoms with Gasteiger partial charge in [-0.05, 0) is 80.1 Å². The molecule has 1 N–H and O–H groups in total. The van der Waals surface area contributed by atoms with Gasteiger partial charge in [-0.3, -0.25) is 13.9 Å². The van der Waals surface area contributed by atoms with E-state index in [1.165, 1.54) is 53.1 Å². The Kier molecular flexibility index (Phi) is 11.8. The summed E-state index contributed by atoms with van der Waals surface area (Å²) in [6, 6.07) is 17.7. The molecule has 0 aliphatic carbocycles. The van der Waals surface area contributed by atoms with Crippen molar-refractivity contribution in [1.82, 2.24) is 10.2 Å². The smallest absolute Gasteiger partial charge is 0.264 e. The van der Waals surface area contributed by atoms with Crippen molar-refractivity contribution in [3.63, 3.8) is 0 Å². The fourth-order valence-corrected chi connectivity index (χ4v) is 5.98. The van der Waals surface area contributed by atoms with Gasteiger partial charge in [0.15, 0.2) is 0 Å². The molecule has 1 atom stereocenters. The van der Waals surface area contributed by atoms with E-state index in [0.29, 0.717) is 17.9 Å². The molecule has 2 amide bonds. The Morgan fingerprint density at radius 1 is 0.976 bits per heavy atom. The molecule has 0 fully saturated rings. The zero-order chi connectivity index (χ0) is 30.9. The van der Waals surface area contributed by atoms with E-state index in [9.17, 15) is 22.4 Å². The van der Waals surface area contributed by atoms with Crippen molar-refractivity contribution in [3.05, 3.63) is 84.2 Å². The first-order chi connectivity index (χ1) is 20.0. The van der Waals surface area contributed by atoms with E-state index in [1.807, 2.05) is 20.1 Å². The Morgan fingerprint density at radius 2 is 1.62 bits per heavy atom. The second-order valence-corrected chi connectivity index (χ2v) is 12.8. The van der Waals surface area contributed by atoms with Crippen LogP contribution < -0.4 is 14.4 Å². The van der Waals surface area contributed by atoms with Gasteiger partial charge in [-0.25, -0.2) is 12.8 Å². The molecule has 0 aromatic heterocycles. The lowest BCUT2D eigenvalue weighted by Gasteiger charge is -2.32. The van der Waals surface area contributed by atoms with Crippen LogP contribution in [-0.4, -0.2) is 57.1 Å². The van der Waals surface area contributed by atoms with Gasteiger partial charge >= 0.3 is 0 Å². The summed E-state index contributed by atoms with van der Waals surface area (Å²) < 4.78 is 48.6. The van der Waals surface area contributed by atoms with Crippen LogP contribution in [0.15, 0.2) is 82.6 Å². The van der Waals surface area contributed by atoms with Crippen molar-refractivity contribution >= 4 is 39.3 Å². The van der Waals surface area contributed by atoms with Crippen LogP contribution in [0.4, 0.5) is 10.1 Å². The largest absolute Gasteiger partial charge is 0.492 e. The molecule has 42 heavy (non-hydrogen) atoms. The molecule has 8 nitrogen and oxygen atoms in total. The SMILES string of the molecule is CCOc1ccccc1N(CC(=O)N(Cc1ccc(F)cc1)[C@@H](C)C(=O)NCC(C)C)S(=O)(=O)c1ccc(SC)cc1. The zero-order valence-electron chi connectivity index (χ0n) is 24.5. The fraction of sp³-hybridized carbons (Fsp3) is 0.355. The van der Waals surface area contributed by atoms with Gasteiger partial charge < -0.3 is 15.0 Å². The second-order valence-electron chi connectivity index (χ2n) is 10.1. The molecule has 11 heteroatoms. The number of halogens is 1. The minimum Gasteiger partial charge on any atom is -0.492 e. The minimum absolute atomic E-state index is 0.00668. The number of ether oxygens (including phenoxy) is 1. The molecule has 0 aliphatic heterocycles. The van der Waals surface area contributed by atoms with Gasteiger partial charge in [0.05, 0.1) is 17.2 Å². The number of para-hydroxylation sites is 2. The molecule has 0 aliphatic rings. The van der Waals surface area contributed by atoms with Crippen molar-refractivity contribution in [2.75, 3.05) is 30.3 Å². The van der Waals surface area contributed by atoms with E-state index in [2.05, 4.69) is 5.32 Å². The van der Waals surface area contributed by atoms with Gasteiger partial charge in [-0.2, -0.15) is 0 Å². The molecular weight excluding hydrogens is 577 g/mol. The number of hydrogen-bond donors (Lipinski definition) is 1. The van der Waals surface area contributed by atoms with Crippen LogP contribution in [0.25, 0.3) is 0 Å². The van der Waals surface area contributed by atoms with Crippen molar-refractivity contribution in [2.24, 2.45) is 5.92 Å². The standard InChI is InChI=1S/C31H38FN3O5S2/c1-6-40-29-10-8-7-9-28(29)35(42(38,39)27-17-15-26(41-5)16-18-27)21-30(36)34(20-24-11-13-25(32)14-12-24)23(4)31(37)33-19-22(2)3/h7-18,22-23H,6,19-21H2,1-5H3,(H,33,37)/t23-/m0/s1. The Bertz CT molecular complexity index is 1450. The molecular formula is C31H38FN3O5S2. The highest BCUT2D eigenvalue weighted by Gasteiger charge is 2.33. The van der Waals surface area contributed by atoms with Crippen LogP contribution in [0.2, 0.25) is 0 Å². The summed E-state index contributed by atoms with van der Waals surface area (Å²) in [6.07, 6.45) is 1.89. The number of anilines is 1. The molecule has 3 rings (SSSR count). The molecule has 0 radical (unpaired) electrons. The third-order valence-electron chi connectivity index (χ3n) is 6.48. The number of carbonyl (C=O) groups is 2. The number of benzene rings is 3. The summed E-state index contributed by atoms with van der Waals surface area (Å²) in [5, 5.41) is 2.84. The van der Waals surface area contributed by atoms with Crippen LogP contribution in [0.5, 0.6) is 5.75 Å². The number of nitrogens with zero attached hydrogens (tertiary/aromatic N) is 2. The van der Waals surface area contributed by atoms with Crippen LogP contribution in [-0.2, 0) is 26.2 Å². The Hall–Kier alpha value is -3.57. The van der Waals surface area contributed by atoms with Gasteiger partial charge in [0.25, 0.3) is 10.0 Å². The van der Waals surface area contributed by atoms with Gasteiger partial charge in [-0.1, -0.05) is 38.1 Å². The minimum atomic E-state index is -4.25. The number of hydrogen-bond acceptors (Lipinski definition) is 6. The Labute approximate surface area is 252 Å². The molecule has 0 spiro atoms. The Balaban J connectivity index is 2.06. The predicted molar refractivity (Wildman–Crippen MR) is 165 cm³/mol. The van der Waals surface area contributed by atoms with Crippen LogP contribution in [0.1, 0.15) is 33.3 Å². The van der Waals surface area contributed by atoms with E-state index in [0.717, 1.165) is 9.20 Å². The number of nitrogens with one attached hydrogen (secondary N) is 1. The number of thioether (sulfide) groups is 1. The van der Waals surface area contributed by atoms with Crippen molar-refractivity contribution in [1.29, 1.82) is 0 Å². The highest BCUT2D eigenvalue weighted by molar-refractivity contribution is 7.98. The topological polar surface area (TPSA) is 96.0 Å². The van der Waals surface area contributed by atoms with Gasteiger partial charge in [0, 0.05) is 18.0 Å². The average Bonchev–Trinajstić information content (AvgIpc) is 2.98. The fourth-order valence-electron chi connectivity index (χ4n) is 4.15. The van der Waals surface area contributed by atoms with Crippen LogP contribution >= 0.6 is 11.8 Å². The first-order valence-electron chi connectivity index (χ1n) is 13.7. The lowest BCUT2D eigenvalue weighted by Crippen LogP contribution is -2.51. The van der Waals surface area contributed by atoms with E-state index in [-0.39, 0.29) is 35.6 Å². The predicted octanol–water partition coefficient (Wildman–Crippen LogP) is 5.33. The summed E-state index contributed by atoms with van der Waals surface area (Å²) in [6.45, 7) is 7.35. The first kappa shape index (κ1) is 32.9. The van der Waals surface area contributed by atoms with Crippen LogP contribution in [0.3, 0.4) is 0 Å². The molecule has 226 valence electrons. The van der Waals surface area contributed by atoms with Crippen molar-refractivity contribution in [2.45, 2.75) is 50.1 Å². The third-order valence-corrected chi connectivity index (χ3v) is 9.00. The van der Waals surface area contributed by atoms with Gasteiger partial charge in [-0.15, -0.1) is 11.8 Å².